The van der Waals surface area contributed by atoms with Crippen LogP contribution in [0.5, 0.6) is 0 Å². The minimum absolute atomic E-state index is 0.194. The Labute approximate surface area is 166 Å². The van der Waals surface area contributed by atoms with Crippen molar-refractivity contribution < 1.29 is 19.1 Å². The number of aliphatic hydroxyl groups excluding tert-OH is 1. The third-order valence-electron chi connectivity index (χ3n) is 5.90. The summed E-state index contributed by atoms with van der Waals surface area (Å²) < 4.78 is 14.9. The molecule has 2 aliphatic rings. The molecule has 0 saturated carbocycles. The van der Waals surface area contributed by atoms with Gasteiger partial charge in [-0.15, -0.1) is 0 Å². The predicted octanol–water partition coefficient (Wildman–Crippen LogP) is 0.927. The van der Waals surface area contributed by atoms with Crippen LogP contribution >= 0.6 is 0 Å². The SMILES string of the molecule is CCNC(=O)[C@H]1[C@H](CO)[C@H]2Cn3c(cccc3=O)[C@@H]1N2C(=O)c1ccc(F)cc1. The zero-order valence-corrected chi connectivity index (χ0v) is 15.9. The number of pyridine rings is 1. The minimum atomic E-state index is -0.691. The maximum atomic E-state index is 13.4. The van der Waals surface area contributed by atoms with E-state index in [0.717, 1.165) is 0 Å². The summed E-state index contributed by atoms with van der Waals surface area (Å²) in [4.78, 5) is 40.3. The third kappa shape index (κ3) is 3.04. The molecule has 1 aromatic carbocycles. The van der Waals surface area contributed by atoms with Crippen molar-refractivity contribution in [2.45, 2.75) is 25.6 Å². The topological polar surface area (TPSA) is 91.6 Å². The number of rotatable bonds is 4. The first-order chi connectivity index (χ1) is 14.0. The second-order valence-corrected chi connectivity index (χ2v) is 7.40. The molecule has 2 N–H and O–H groups in total. The van der Waals surface area contributed by atoms with Crippen LogP contribution in [0.1, 0.15) is 29.0 Å². The Bertz CT molecular complexity index is 1000. The lowest BCUT2D eigenvalue weighted by Gasteiger charge is -2.38. The standard InChI is InChI=1S/C21H22FN3O4/c1-2-23-20(28)18-14(11-26)16-10-24-15(4-3-5-17(24)27)19(18)25(16)21(29)12-6-8-13(22)9-7-12/h3-9,14,16,18-19,26H,2,10-11H2,1H3,(H,23,28)/t14-,16-,18+,19+/m1/s1. The maximum absolute atomic E-state index is 13.4. The molecule has 7 nitrogen and oxygen atoms in total. The van der Waals surface area contributed by atoms with Gasteiger partial charge in [-0.2, -0.15) is 0 Å². The Morgan fingerprint density at radius 1 is 1.21 bits per heavy atom. The number of amides is 2. The van der Waals surface area contributed by atoms with E-state index in [-0.39, 0.29) is 30.5 Å². The van der Waals surface area contributed by atoms with Gasteiger partial charge in [0, 0.05) is 42.9 Å². The van der Waals surface area contributed by atoms with Crippen molar-refractivity contribution in [1.82, 2.24) is 14.8 Å². The molecule has 2 amide bonds. The number of aromatic nitrogens is 1. The van der Waals surface area contributed by atoms with Gasteiger partial charge in [0.05, 0.1) is 18.0 Å². The number of halogens is 1. The first kappa shape index (κ1) is 19.3. The molecule has 4 atom stereocenters. The Kier molecular flexibility index (Phi) is 4.96. The fourth-order valence-corrected chi connectivity index (χ4v) is 4.67. The Morgan fingerprint density at radius 2 is 1.93 bits per heavy atom. The highest BCUT2D eigenvalue weighted by molar-refractivity contribution is 5.96. The van der Waals surface area contributed by atoms with E-state index in [4.69, 9.17) is 0 Å². The number of carbonyl (C=O) groups excluding carboxylic acids is 2. The molecule has 1 fully saturated rings. The summed E-state index contributed by atoms with van der Waals surface area (Å²) >= 11 is 0. The van der Waals surface area contributed by atoms with E-state index in [1.165, 1.54) is 30.3 Å². The Hall–Kier alpha value is -3.00. The van der Waals surface area contributed by atoms with Crippen LogP contribution in [0.25, 0.3) is 0 Å². The lowest BCUT2D eigenvalue weighted by molar-refractivity contribution is -0.127. The van der Waals surface area contributed by atoms with Gasteiger partial charge in [0.2, 0.25) is 5.91 Å². The van der Waals surface area contributed by atoms with E-state index < -0.39 is 29.7 Å². The van der Waals surface area contributed by atoms with Crippen molar-refractivity contribution in [3.8, 4) is 0 Å². The molecule has 1 aromatic heterocycles. The van der Waals surface area contributed by atoms with E-state index in [1.54, 1.807) is 28.5 Å². The second-order valence-electron chi connectivity index (χ2n) is 7.40. The number of nitrogens with zero attached hydrogens (tertiary/aromatic N) is 2. The van der Waals surface area contributed by atoms with E-state index >= 15 is 0 Å². The largest absolute Gasteiger partial charge is 0.396 e. The molecule has 2 aliphatic heterocycles. The highest BCUT2D eigenvalue weighted by atomic mass is 19.1. The highest BCUT2D eigenvalue weighted by Gasteiger charge is 2.57. The second kappa shape index (κ2) is 7.44. The molecule has 1 saturated heterocycles. The summed E-state index contributed by atoms with van der Waals surface area (Å²) in [5, 5.41) is 12.9. The van der Waals surface area contributed by atoms with E-state index in [1.807, 2.05) is 0 Å². The number of fused-ring (bicyclic) bond motifs is 4. The van der Waals surface area contributed by atoms with Crippen molar-refractivity contribution in [3.63, 3.8) is 0 Å². The summed E-state index contributed by atoms with van der Waals surface area (Å²) in [5.74, 6) is -2.28. The van der Waals surface area contributed by atoms with Gasteiger partial charge in [0.25, 0.3) is 11.5 Å². The lowest BCUT2D eigenvalue weighted by atomic mass is 9.86. The highest BCUT2D eigenvalue weighted by Crippen LogP contribution is 2.48. The zero-order chi connectivity index (χ0) is 20.7. The first-order valence-electron chi connectivity index (χ1n) is 9.64. The number of nitrogens with one attached hydrogen (secondary N) is 1. The monoisotopic (exact) mass is 399 g/mol. The molecule has 3 heterocycles. The minimum Gasteiger partial charge on any atom is -0.396 e. The van der Waals surface area contributed by atoms with E-state index in [2.05, 4.69) is 5.32 Å². The van der Waals surface area contributed by atoms with Crippen molar-refractivity contribution in [3.05, 3.63) is 69.9 Å². The molecule has 0 unspecified atom stereocenters. The molecular formula is C21H22FN3O4. The van der Waals surface area contributed by atoms with Crippen LogP contribution in [0.4, 0.5) is 4.39 Å². The van der Waals surface area contributed by atoms with Crippen molar-refractivity contribution >= 4 is 11.8 Å². The Balaban J connectivity index is 1.85. The lowest BCUT2D eigenvalue weighted by Crippen LogP contribution is -2.49. The predicted molar refractivity (Wildman–Crippen MR) is 103 cm³/mol. The van der Waals surface area contributed by atoms with Gasteiger partial charge in [0.15, 0.2) is 0 Å². The summed E-state index contributed by atoms with van der Waals surface area (Å²) in [6, 6.07) is 8.79. The van der Waals surface area contributed by atoms with Crippen LogP contribution in [0, 0.1) is 17.7 Å². The normalized spacial score (nSPS) is 24.9. The van der Waals surface area contributed by atoms with Crippen LogP contribution in [-0.2, 0) is 11.3 Å². The van der Waals surface area contributed by atoms with Crippen LogP contribution in [0.15, 0.2) is 47.3 Å². The van der Waals surface area contributed by atoms with Crippen LogP contribution in [0.2, 0.25) is 0 Å². The molecule has 152 valence electrons. The first-order valence-corrected chi connectivity index (χ1v) is 9.64. The summed E-state index contributed by atoms with van der Waals surface area (Å²) in [7, 11) is 0. The van der Waals surface area contributed by atoms with Gasteiger partial charge in [-0.05, 0) is 37.3 Å². The van der Waals surface area contributed by atoms with Crippen molar-refractivity contribution in [1.29, 1.82) is 0 Å². The number of benzene rings is 1. The van der Waals surface area contributed by atoms with Gasteiger partial charge in [-0.3, -0.25) is 14.4 Å². The number of hydrogen-bond acceptors (Lipinski definition) is 4. The average molecular weight is 399 g/mol. The van der Waals surface area contributed by atoms with Gasteiger partial charge in [-0.25, -0.2) is 4.39 Å². The van der Waals surface area contributed by atoms with Gasteiger partial charge >= 0.3 is 0 Å². The number of carbonyl (C=O) groups is 2. The molecular weight excluding hydrogens is 377 g/mol. The molecule has 2 aromatic rings. The van der Waals surface area contributed by atoms with Gasteiger partial charge in [-0.1, -0.05) is 6.07 Å². The third-order valence-corrected chi connectivity index (χ3v) is 5.90. The summed E-state index contributed by atoms with van der Waals surface area (Å²) in [5.41, 5.74) is 0.650. The van der Waals surface area contributed by atoms with Crippen LogP contribution in [0.3, 0.4) is 0 Å². The molecule has 0 radical (unpaired) electrons. The molecule has 29 heavy (non-hydrogen) atoms. The zero-order valence-electron chi connectivity index (χ0n) is 15.9. The molecule has 8 heteroatoms. The quantitative estimate of drug-likeness (QED) is 0.800. The van der Waals surface area contributed by atoms with E-state index in [9.17, 15) is 23.9 Å². The van der Waals surface area contributed by atoms with Gasteiger partial charge < -0.3 is 19.9 Å². The Morgan fingerprint density at radius 3 is 2.59 bits per heavy atom. The van der Waals surface area contributed by atoms with Crippen LogP contribution in [-0.4, -0.2) is 45.6 Å². The molecule has 0 aliphatic carbocycles. The van der Waals surface area contributed by atoms with Gasteiger partial charge in [0.1, 0.15) is 5.82 Å². The molecule has 4 rings (SSSR count). The molecule has 0 spiro atoms. The fourth-order valence-electron chi connectivity index (χ4n) is 4.67. The van der Waals surface area contributed by atoms with E-state index in [0.29, 0.717) is 17.8 Å². The fraction of sp³-hybridized carbons (Fsp3) is 0.381. The number of hydrogen-bond donors (Lipinski definition) is 2. The molecule has 2 bridgehead atoms. The average Bonchev–Trinajstić information content (AvgIpc) is 2.95. The van der Waals surface area contributed by atoms with Crippen LogP contribution < -0.4 is 10.9 Å². The smallest absolute Gasteiger partial charge is 0.254 e. The number of aliphatic hydroxyl groups is 1. The van der Waals surface area contributed by atoms with Crippen molar-refractivity contribution in [2.75, 3.05) is 13.2 Å². The maximum Gasteiger partial charge on any atom is 0.254 e. The summed E-state index contributed by atoms with van der Waals surface area (Å²) in [6.45, 7) is 2.11. The van der Waals surface area contributed by atoms with Crippen molar-refractivity contribution in [2.24, 2.45) is 11.8 Å². The summed E-state index contributed by atoms with van der Waals surface area (Å²) in [6.07, 6.45) is 0.